The maximum absolute atomic E-state index is 12.1. The van der Waals surface area contributed by atoms with Crippen molar-refractivity contribution in [2.75, 3.05) is 11.5 Å². The predicted molar refractivity (Wildman–Crippen MR) is 73.1 cm³/mol. The monoisotopic (exact) mass is 273 g/mol. The Hall–Kier alpha value is -0.840. The zero-order valence-electron chi connectivity index (χ0n) is 11.4. The lowest BCUT2D eigenvalue weighted by molar-refractivity contribution is -0.134. The number of amides is 1. The Kier molecular flexibility index (Phi) is 5.38. The Morgan fingerprint density at radius 1 is 1.28 bits per heavy atom. The van der Waals surface area contributed by atoms with Crippen LogP contribution in [0.4, 0.5) is 0 Å². The molecule has 0 N–H and O–H groups in total. The molecule has 2 atom stereocenters. The molecule has 104 valence electrons. The number of likely N-dealkylation sites (tertiary alicyclic amines) is 1. The third kappa shape index (κ3) is 4.12. The van der Waals surface area contributed by atoms with E-state index in [0.717, 1.165) is 19.3 Å². The summed E-state index contributed by atoms with van der Waals surface area (Å²) >= 11 is 0. The van der Waals surface area contributed by atoms with Crippen LogP contribution in [0.15, 0.2) is 12.2 Å². The lowest BCUT2D eigenvalue weighted by atomic mass is 9.98. The van der Waals surface area contributed by atoms with E-state index >= 15 is 0 Å². The Morgan fingerprint density at radius 3 is 2.33 bits per heavy atom. The van der Waals surface area contributed by atoms with Crippen molar-refractivity contribution in [2.24, 2.45) is 0 Å². The average molecular weight is 273 g/mol. The quantitative estimate of drug-likeness (QED) is 0.734. The number of allylic oxidation sites excluding steroid dienone is 1. The Bertz CT molecular complexity index is 404. The second kappa shape index (κ2) is 6.36. The highest BCUT2D eigenvalue weighted by molar-refractivity contribution is 7.92. The van der Waals surface area contributed by atoms with Gasteiger partial charge in [0.1, 0.15) is 5.75 Å². The van der Waals surface area contributed by atoms with Crippen LogP contribution in [0.25, 0.3) is 0 Å². The number of nitrogens with zero attached hydrogens (tertiary/aromatic N) is 1. The van der Waals surface area contributed by atoms with Crippen molar-refractivity contribution < 1.29 is 13.2 Å². The van der Waals surface area contributed by atoms with Crippen molar-refractivity contribution in [3.8, 4) is 0 Å². The molecule has 0 aromatic carbocycles. The van der Waals surface area contributed by atoms with Gasteiger partial charge in [0.2, 0.25) is 5.91 Å². The van der Waals surface area contributed by atoms with Gasteiger partial charge in [-0.3, -0.25) is 4.79 Å². The summed E-state index contributed by atoms with van der Waals surface area (Å²) in [6, 6.07) is 0.302. The molecule has 0 spiro atoms. The van der Waals surface area contributed by atoms with E-state index in [1.807, 2.05) is 13.8 Å². The third-order valence-electron chi connectivity index (χ3n) is 3.41. The van der Waals surface area contributed by atoms with Crippen molar-refractivity contribution in [3.05, 3.63) is 12.2 Å². The van der Waals surface area contributed by atoms with Gasteiger partial charge in [-0.05, 0) is 40.0 Å². The topological polar surface area (TPSA) is 54.5 Å². The molecule has 5 heteroatoms. The summed E-state index contributed by atoms with van der Waals surface area (Å²) in [6.07, 6.45) is 6.30. The lowest BCUT2D eigenvalue weighted by Gasteiger charge is -2.39. The summed E-state index contributed by atoms with van der Waals surface area (Å²) < 4.78 is 23.5. The number of sulfone groups is 1. The summed E-state index contributed by atoms with van der Waals surface area (Å²) in [7, 11) is -3.32. The molecule has 18 heavy (non-hydrogen) atoms. The summed E-state index contributed by atoms with van der Waals surface area (Å²) in [6.45, 7) is 5.75. The van der Waals surface area contributed by atoms with Gasteiger partial charge in [0.05, 0.1) is 5.75 Å². The van der Waals surface area contributed by atoms with E-state index in [2.05, 4.69) is 0 Å². The molecule has 0 aliphatic carbocycles. The molecule has 0 aromatic rings. The molecule has 1 amide bonds. The second-order valence-corrected chi connectivity index (χ2v) is 7.16. The summed E-state index contributed by atoms with van der Waals surface area (Å²) in [5.41, 5.74) is 0. The molecule has 1 heterocycles. The van der Waals surface area contributed by atoms with E-state index in [0.29, 0.717) is 0 Å². The van der Waals surface area contributed by atoms with Crippen LogP contribution >= 0.6 is 0 Å². The highest BCUT2D eigenvalue weighted by Gasteiger charge is 2.31. The van der Waals surface area contributed by atoms with Crippen molar-refractivity contribution >= 4 is 15.7 Å². The summed E-state index contributed by atoms with van der Waals surface area (Å²) in [5, 5.41) is 0. The standard InChI is InChI=1S/C13H23NO3S/c1-4-5-9-18(16,17)10-13(15)14-11(2)7-6-8-12(14)3/h4-5,11-12H,6-10H2,1-3H3/b5-4-/t11-,12-/m1/s1. The normalized spacial score (nSPS) is 25.6. The van der Waals surface area contributed by atoms with Crippen LogP contribution in [0.3, 0.4) is 0 Å². The minimum Gasteiger partial charge on any atom is -0.336 e. The molecule has 1 fully saturated rings. The molecule has 0 bridgehead atoms. The van der Waals surface area contributed by atoms with Gasteiger partial charge in [0, 0.05) is 12.1 Å². The number of rotatable bonds is 4. The third-order valence-corrected chi connectivity index (χ3v) is 4.80. The average Bonchev–Trinajstić information content (AvgIpc) is 2.25. The molecular formula is C13H23NO3S. The fraction of sp³-hybridized carbons (Fsp3) is 0.769. The molecule has 0 aromatic heterocycles. The molecule has 0 unspecified atom stereocenters. The molecule has 1 aliphatic rings. The van der Waals surface area contributed by atoms with Crippen LogP contribution in [0, 0.1) is 0 Å². The largest absolute Gasteiger partial charge is 0.336 e. The molecule has 0 radical (unpaired) electrons. The zero-order chi connectivity index (χ0) is 13.8. The van der Waals surface area contributed by atoms with Crippen molar-refractivity contribution in [1.82, 2.24) is 4.90 Å². The maximum Gasteiger partial charge on any atom is 0.238 e. The Balaban J connectivity index is 2.69. The first-order chi connectivity index (χ1) is 8.37. The molecule has 0 saturated carbocycles. The number of piperidine rings is 1. The number of carbonyl (C=O) groups excluding carboxylic acids is 1. The van der Waals surface area contributed by atoms with Gasteiger partial charge in [0.25, 0.3) is 0 Å². The first kappa shape index (κ1) is 15.2. The van der Waals surface area contributed by atoms with Gasteiger partial charge in [-0.1, -0.05) is 12.2 Å². The predicted octanol–water partition coefficient (Wildman–Crippen LogP) is 1.77. The van der Waals surface area contributed by atoms with Gasteiger partial charge in [-0.15, -0.1) is 0 Å². The van der Waals surface area contributed by atoms with Crippen molar-refractivity contribution in [3.63, 3.8) is 0 Å². The Labute approximate surface area is 110 Å². The van der Waals surface area contributed by atoms with E-state index < -0.39 is 9.84 Å². The Morgan fingerprint density at radius 2 is 1.83 bits per heavy atom. The molecule has 1 rings (SSSR count). The first-order valence-electron chi connectivity index (χ1n) is 6.50. The molecular weight excluding hydrogens is 250 g/mol. The van der Waals surface area contributed by atoms with Gasteiger partial charge < -0.3 is 4.90 Å². The van der Waals surface area contributed by atoms with Gasteiger partial charge >= 0.3 is 0 Å². The van der Waals surface area contributed by atoms with E-state index in [1.165, 1.54) is 0 Å². The minimum atomic E-state index is -3.32. The smallest absolute Gasteiger partial charge is 0.238 e. The van der Waals surface area contributed by atoms with E-state index in [9.17, 15) is 13.2 Å². The van der Waals surface area contributed by atoms with E-state index in [1.54, 1.807) is 24.0 Å². The van der Waals surface area contributed by atoms with Crippen LogP contribution in [-0.4, -0.2) is 42.8 Å². The van der Waals surface area contributed by atoms with Crippen LogP contribution < -0.4 is 0 Å². The second-order valence-electron chi connectivity index (χ2n) is 5.05. The van der Waals surface area contributed by atoms with E-state index in [-0.39, 0.29) is 29.5 Å². The SMILES string of the molecule is C/C=C\CS(=O)(=O)CC(=O)N1[C@H](C)CCC[C@H]1C. The summed E-state index contributed by atoms with van der Waals surface area (Å²) in [4.78, 5) is 13.9. The first-order valence-corrected chi connectivity index (χ1v) is 8.32. The minimum absolute atomic E-state index is 0.0498. The molecule has 4 nitrogen and oxygen atoms in total. The summed E-state index contributed by atoms with van der Waals surface area (Å²) in [5.74, 6) is -0.670. The fourth-order valence-electron chi connectivity index (χ4n) is 2.48. The van der Waals surface area contributed by atoms with Crippen LogP contribution in [0.2, 0.25) is 0 Å². The van der Waals surface area contributed by atoms with Gasteiger partial charge in [0.15, 0.2) is 9.84 Å². The van der Waals surface area contributed by atoms with Crippen LogP contribution in [0.5, 0.6) is 0 Å². The van der Waals surface area contributed by atoms with Gasteiger partial charge in [-0.25, -0.2) is 8.42 Å². The van der Waals surface area contributed by atoms with Gasteiger partial charge in [-0.2, -0.15) is 0 Å². The van der Waals surface area contributed by atoms with Crippen LogP contribution in [0.1, 0.15) is 40.0 Å². The van der Waals surface area contributed by atoms with Crippen molar-refractivity contribution in [2.45, 2.75) is 52.1 Å². The fourth-order valence-corrected chi connectivity index (χ4v) is 3.61. The van der Waals surface area contributed by atoms with Crippen LogP contribution in [-0.2, 0) is 14.6 Å². The lowest BCUT2D eigenvalue weighted by Crippen LogP contribution is -2.49. The van der Waals surface area contributed by atoms with Crippen molar-refractivity contribution in [1.29, 1.82) is 0 Å². The highest BCUT2D eigenvalue weighted by Crippen LogP contribution is 2.22. The number of hydrogen-bond acceptors (Lipinski definition) is 3. The zero-order valence-corrected chi connectivity index (χ0v) is 12.2. The number of carbonyl (C=O) groups is 1. The number of hydrogen-bond donors (Lipinski definition) is 0. The van der Waals surface area contributed by atoms with E-state index in [4.69, 9.17) is 0 Å². The molecule has 1 saturated heterocycles. The maximum atomic E-state index is 12.1. The molecule has 1 aliphatic heterocycles. The highest BCUT2D eigenvalue weighted by atomic mass is 32.2.